The first kappa shape index (κ1) is 107. The Morgan fingerprint density at radius 1 is 0.386 bits per heavy atom. The number of carbonyl (C=O) groups is 5. The minimum absolute atomic E-state index is 0.0373. The standard InChI is InChI=1S/C24H28ClFN4O.C23H25ClN4O.C23H26F2N4O.C22H27IN4O.C21H23BrN4O/c1-2-3-6-14-29(24(31)17-11-12-20(26)19(25)15-17)16-22-28-21-10-7-13-27-23(21)30(22)18-8-4-5-9-18;1-2-14-27(22(29)12-11-18-6-3-4-7-19(18)24)16-21-26-20-8-5-13-25-23(20)28(21)15-17-9-10-17;1-2-3-13-28(23(30)18-14-16(24)10-11-19(18)25)15-21-27-20-9-6-12-26-22(20)29(21)17-7-4-5-8-17;1-3-5-6-14-26(22(28)17-9-7-10-18(23)15-17)16-20-25-19-11-8-12-24-21(19)27(20)13-4-2;1-2-12-25(21(27)16-7-9-17(22)10-8-16)14-19-24-18-4-3-11-23-20(18)26(19)13-15-5-6-15/h7,10-13,15,18H,2-6,8-9,14,16H2,1H3;3-8,11-13,17H,2,9-10,14-16H2,1H3;6,9-12,14,17H,2-5,7-8,13,15H2,1H3;7-12,15H,3-6,13-14,16H2,1-2H3;3-4,7-11,15H,2,5-6,12-14H2,1H3/b;12-11+;;;. The topological polar surface area (TPSA) is 255 Å². The molecule has 32 heteroatoms. The number of halogens is 7. The molecule has 10 aromatic heterocycles. The van der Waals surface area contributed by atoms with Crippen molar-refractivity contribution in [3.8, 4) is 0 Å². The Morgan fingerprint density at radius 2 is 0.800 bits per heavy atom. The number of amides is 5. The third-order valence-corrected chi connectivity index (χ3v) is 28.5. The number of benzene rings is 5. The molecule has 145 heavy (non-hydrogen) atoms. The number of carbonyl (C=O) groups excluding carboxylic acids is 5. The lowest BCUT2D eigenvalue weighted by Crippen LogP contribution is -2.33. The van der Waals surface area contributed by atoms with Crippen molar-refractivity contribution in [3.63, 3.8) is 0 Å². The second-order valence-electron chi connectivity index (χ2n) is 37.8. The maximum absolute atomic E-state index is 14.3. The summed E-state index contributed by atoms with van der Waals surface area (Å²) in [6.45, 7) is 20.7. The lowest BCUT2D eigenvalue weighted by atomic mass is 10.1. The van der Waals surface area contributed by atoms with Gasteiger partial charge in [0.1, 0.15) is 74.2 Å². The van der Waals surface area contributed by atoms with E-state index in [1.54, 1.807) is 41.8 Å². The number of hydrogen-bond acceptors (Lipinski definition) is 15. The van der Waals surface area contributed by atoms with Gasteiger partial charge in [0.2, 0.25) is 5.91 Å². The molecular weight excluding hydrogens is 2050 g/mol. The van der Waals surface area contributed by atoms with Crippen LogP contribution in [0.2, 0.25) is 10.0 Å². The summed E-state index contributed by atoms with van der Waals surface area (Å²) < 4.78 is 54.6. The molecule has 0 saturated heterocycles. The average molecular weight is 2180 g/mol. The number of rotatable bonds is 39. The highest BCUT2D eigenvalue weighted by Crippen LogP contribution is 2.39. The Hall–Kier alpha value is -12.1. The van der Waals surface area contributed by atoms with Gasteiger partial charge in [-0.25, -0.2) is 63.0 Å². The molecule has 25 nitrogen and oxygen atoms in total. The van der Waals surface area contributed by atoms with Crippen molar-refractivity contribution in [1.29, 1.82) is 0 Å². The fraction of sp³-hybridized carbons (Fsp3) is 0.407. The van der Waals surface area contributed by atoms with Crippen LogP contribution in [-0.4, -0.2) is 159 Å². The van der Waals surface area contributed by atoms with E-state index in [4.69, 9.17) is 48.1 Å². The SMILES string of the molecule is CCCCCN(Cc1nc2cccnc2n1C1CCCC1)C(=O)c1ccc(F)c(Cl)c1.CCCCCN(Cc1nc2cccnc2n1CCC)C(=O)c1cccc(I)c1.CCCCN(Cc1nc2cccnc2n1C1CCCC1)C(=O)c1cc(F)ccc1F.CCCN(Cc1nc2cccnc2n1CC1CC1)C(=O)/C=C/c1ccccc1Cl.CCCN(Cc1nc2cccnc2n1CC1CC1)C(=O)c1ccc(Br)cc1. The normalized spacial score (nSPS) is 13.6. The van der Waals surface area contributed by atoms with Gasteiger partial charge in [-0.15, -0.1) is 0 Å². The number of imidazole rings is 5. The number of aryl methyl sites for hydroxylation is 1. The molecule has 4 saturated carbocycles. The largest absolute Gasteiger partial charge is 0.332 e. The predicted molar refractivity (Wildman–Crippen MR) is 579 cm³/mol. The smallest absolute Gasteiger partial charge is 0.257 e. The Bertz CT molecular complexity index is 6930. The summed E-state index contributed by atoms with van der Waals surface area (Å²) in [5.41, 5.74) is 11.2. The summed E-state index contributed by atoms with van der Waals surface area (Å²) in [5, 5.41) is 0.595. The molecule has 4 fully saturated rings. The molecular formula is C113H129BrCl2F3IN20O5. The maximum atomic E-state index is 14.3. The van der Waals surface area contributed by atoms with Gasteiger partial charge >= 0.3 is 0 Å². The second kappa shape index (κ2) is 52.8. The molecule has 0 N–H and O–H groups in total. The summed E-state index contributed by atoms with van der Waals surface area (Å²) in [6, 6.07) is 50.0. The Balaban J connectivity index is 0.000000136. The van der Waals surface area contributed by atoms with Crippen molar-refractivity contribution in [2.45, 2.75) is 254 Å². The van der Waals surface area contributed by atoms with E-state index in [0.717, 1.165) is 258 Å². The molecule has 19 rings (SSSR count). The summed E-state index contributed by atoms with van der Waals surface area (Å²) in [4.78, 5) is 122. The fourth-order valence-corrected chi connectivity index (χ4v) is 20.0. The van der Waals surface area contributed by atoms with Crippen LogP contribution in [-0.2, 0) is 57.2 Å². The van der Waals surface area contributed by atoms with Crippen LogP contribution in [0.4, 0.5) is 13.2 Å². The second-order valence-corrected chi connectivity index (χ2v) is 40.8. The van der Waals surface area contributed by atoms with Crippen LogP contribution in [0, 0.1) is 32.9 Å². The molecule has 4 aliphatic rings. The molecule has 15 aromatic rings. The van der Waals surface area contributed by atoms with Crippen molar-refractivity contribution in [2.75, 3.05) is 32.7 Å². The summed E-state index contributed by atoms with van der Waals surface area (Å²) in [6.07, 6.45) is 37.1. The van der Waals surface area contributed by atoms with Crippen LogP contribution in [0.15, 0.2) is 211 Å². The third kappa shape index (κ3) is 28.4. The first-order valence-corrected chi connectivity index (χ1v) is 54.1. The molecule has 0 bridgehead atoms. The molecule has 760 valence electrons. The summed E-state index contributed by atoms with van der Waals surface area (Å²) >= 11 is 17.8. The van der Waals surface area contributed by atoms with Gasteiger partial charge < -0.3 is 47.3 Å². The van der Waals surface area contributed by atoms with Crippen molar-refractivity contribution in [1.82, 2.24) is 97.2 Å². The predicted octanol–water partition coefficient (Wildman–Crippen LogP) is 26.3. The zero-order valence-electron chi connectivity index (χ0n) is 83.6. The zero-order valence-corrected chi connectivity index (χ0v) is 88.9. The Kier molecular flexibility index (Phi) is 39.0. The third-order valence-electron chi connectivity index (χ3n) is 26.6. The van der Waals surface area contributed by atoms with Gasteiger partial charge in [-0.05, 0) is 282 Å². The van der Waals surface area contributed by atoms with Crippen LogP contribution < -0.4 is 0 Å². The Morgan fingerprint density at radius 3 is 1.28 bits per heavy atom. The monoisotopic (exact) mass is 2180 g/mol. The highest BCUT2D eigenvalue weighted by molar-refractivity contribution is 14.1. The first-order chi connectivity index (χ1) is 70.6. The molecule has 0 radical (unpaired) electrons. The number of unbranched alkanes of at least 4 members (excludes halogenated alkanes) is 5. The Labute approximate surface area is 878 Å². The van der Waals surface area contributed by atoms with E-state index >= 15 is 0 Å². The number of hydrogen-bond donors (Lipinski definition) is 0. The highest BCUT2D eigenvalue weighted by atomic mass is 127. The molecule has 0 unspecified atom stereocenters. The van der Waals surface area contributed by atoms with Crippen molar-refractivity contribution in [2.24, 2.45) is 11.8 Å². The number of aromatic nitrogens is 15. The van der Waals surface area contributed by atoms with Crippen LogP contribution in [0.3, 0.4) is 0 Å². The van der Waals surface area contributed by atoms with Crippen molar-refractivity contribution >= 4 is 153 Å². The lowest BCUT2D eigenvalue weighted by Gasteiger charge is -2.24. The van der Waals surface area contributed by atoms with Gasteiger partial charge in [-0.3, -0.25) is 24.0 Å². The molecule has 5 amide bonds. The minimum atomic E-state index is -0.714. The fourth-order valence-electron chi connectivity index (χ4n) is 18.8. The van der Waals surface area contributed by atoms with Gasteiger partial charge in [0, 0.05) is 131 Å². The zero-order chi connectivity index (χ0) is 102. The summed E-state index contributed by atoms with van der Waals surface area (Å²) in [7, 11) is 0. The van der Waals surface area contributed by atoms with E-state index in [-0.39, 0.29) is 40.8 Å². The van der Waals surface area contributed by atoms with Gasteiger partial charge in [0.25, 0.3) is 23.6 Å². The van der Waals surface area contributed by atoms with Crippen LogP contribution in [0.1, 0.15) is 277 Å². The van der Waals surface area contributed by atoms with Gasteiger partial charge in [0.15, 0.2) is 28.2 Å². The number of nitrogens with zero attached hydrogens (tertiary/aromatic N) is 20. The number of pyridine rings is 5. The van der Waals surface area contributed by atoms with E-state index in [9.17, 15) is 37.1 Å². The van der Waals surface area contributed by atoms with E-state index in [1.807, 2.05) is 166 Å². The van der Waals surface area contributed by atoms with Crippen LogP contribution >= 0.6 is 61.7 Å². The van der Waals surface area contributed by atoms with Crippen molar-refractivity contribution in [3.05, 3.63) is 299 Å². The number of fused-ring (bicyclic) bond motifs is 5. The summed E-state index contributed by atoms with van der Waals surface area (Å²) in [5.74, 6) is 3.29. The van der Waals surface area contributed by atoms with Gasteiger partial charge in [-0.1, -0.05) is 163 Å². The highest BCUT2D eigenvalue weighted by Gasteiger charge is 2.33. The molecule has 0 aliphatic heterocycles. The lowest BCUT2D eigenvalue weighted by molar-refractivity contribution is -0.126. The quantitative estimate of drug-likeness (QED) is 0.0197. The van der Waals surface area contributed by atoms with E-state index < -0.39 is 23.4 Å². The van der Waals surface area contributed by atoms with Crippen LogP contribution in [0.25, 0.3) is 61.9 Å². The van der Waals surface area contributed by atoms with Crippen molar-refractivity contribution < 1.29 is 37.1 Å². The molecule has 4 aliphatic carbocycles. The molecule has 10 heterocycles. The average Bonchev–Trinajstić information content (AvgIpc) is 1.65. The van der Waals surface area contributed by atoms with E-state index in [0.29, 0.717) is 92.4 Å². The molecule has 0 spiro atoms. The molecule has 5 aromatic carbocycles. The first-order valence-electron chi connectivity index (χ1n) is 51.4. The molecule has 0 atom stereocenters. The van der Waals surface area contributed by atoms with Gasteiger partial charge in [0.05, 0.1) is 43.3 Å². The van der Waals surface area contributed by atoms with Gasteiger partial charge in [-0.2, -0.15) is 0 Å². The van der Waals surface area contributed by atoms with E-state index in [1.165, 1.54) is 56.7 Å². The van der Waals surface area contributed by atoms with Crippen LogP contribution in [0.5, 0.6) is 0 Å². The maximum Gasteiger partial charge on any atom is 0.257 e. The van der Waals surface area contributed by atoms with E-state index in [2.05, 4.69) is 121 Å². The minimum Gasteiger partial charge on any atom is -0.332 e.